The van der Waals surface area contributed by atoms with Crippen LogP contribution < -0.4 is 20.4 Å². The van der Waals surface area contributed by atoms with E-state index >= 15 is 0 Å². The van der Waals surface area contributed by atoms with Crippen molar-refractivity contribution in [1.82, 2.24) is 10.5 Å². The second-order valence-electron chi connectivity index (χ2n) is 9.03. The van der Waals surface area contributed by atoms with Gasteiger partial charge in [-0.3, -0.25) is 5.01 Å². The summed E-state index contributed by atoms with van der Waals surface area (Å²) in [4.78, 5) is 0. The predicted octanol–water partition coefficient (Wildman–Crippen LogP) is 2.07. The van der Waals surface area contributed by atoms with Gasteiger partial charge in [0.2, 0.25) is 0 Å². The van der Waals surface area contributed by atoms with Gasteiger partial charge in [-0.2, -0.15) is 0 Å². The number of quaternary nitrogens is 1. The number of nitrogens with zero attached hydrogens (tertiary/aromatic N) is 1. The third kappa shape index (κ3) is 6.92. The minimum absolute atomic E-state index is 0.0737. The van der Waals surface area contributed by atoms with Crippen LogP contribution in [0.2, 0.25) is 5.02 Å². The van der Waals surface area contributed by atoms with Gasteiger partial charge in [0, 0.05) is 5.41 Å². The molecule has 0 bridgehead atoms. The standard InChI is InChI=1S/C26H33Cl2N3O5/c1-4-23-24(14-32)31(30-29-23)13-20(34)16-35-21-8-5-17(6-9-21)26(2,3)18-7-10-25(22(28)11-18)36-15-19(33)12-27/h4-11,19-20,29-30,32-34H,1,12-16H2,2-3H3/p+1/t19-,20-/m0/s1. The largest absolute Gasteiger partial charge is 0.491 e. The molecule has 2 atom stereocenters. The highest BCUT2D eigenvalue weighted by molar-refractivity contribution is 6.32. The zero-order valence-electron chi connectivity index (χ0n) is 20.5. The first kappa shape index (κ1) is 28.3. The summed E-state index contributed by atoms with van der Waals surface area (Å²) in [5.74, 6) is 1.22. The van der Waals surface area contributed by atoms with Gasteiger partial charge in [0.15, 0.2) is 5.70 Å². The average molecular weight is 539 g/mol. The number of benzene rings is 2. The summed E-state index contributed by atoms with van der Waals surface area (Å²) in [6.45, 7) is 8.17. The lowest BCUT2D eigenvalue weighted by atomic mass is 9.78. The highest BCUT2D eigenvalue weighted by atomic mass is 35.5. The van der Waals surface area contributed by atoms with E-state index in [4.69, 9.17) is 32.7 Å². The zero-order chi connectivity index (χ0) is 26.3. The van der Waals surface area contributed by atoms with Crippen molar-refractivity contribution in [2.75, 3.05) is 32.2 Å². The summed E-state index contributed by atoms with van der Waals surface area (Å²) in [7, 11) is 0. The number of β-amino-alcohol motifs (C(OH)–C–C–N with tert-alkyl or cyclic N) is 1. The lowest BCUT2D eigenvalue weighted by Gasteiger charge is -2.27. The van der Waals surface area contributed by atoms with Gasteiger partial charge in [0.25, 0.3) is 0 Å². The van der Waals surface area contributed by atoms with Crippen molar-refractivity contribution in [1.29, 1.82) is 0 Å². The van der Waals surface area contributed by atoms with E-state index in [1.54, 1.807) is 22.6 Å². The molecule has 0 spiro atoms. The van der Waals surface area contributed by atoms with Crippen LogP contribution in [0, 0.1) is 0 Å². The Labute approximate surface area is 221 Å². The van der Waals surface area contributed by atoms with E-state index in [0.717, 1.165) is 16.8 Å². The number of allylic oxidation sites excluding steroid dienone is 1. The number of rotatable bonds is 13. The third-order valence-corrected chi connectivity index (χ3v) is 6.73. The molecule has 6 N–H and O–H groups in total. The van der Waals surface area contributed by atoms with Crippen LogP contribution in [0.15, 0.2) is 66.5 Å². The Bertz CT molecular complexity index is 1060. The van der Waals surface area contributed by atoms with E-state index in [9.17, 15) is 15.3 Å². The van der Waals surface area contributed by atoms with Crippen molar-refractivity contribution in [3.63, 3.8) is 0 Å². The molecule has 3 rings (SSSR count). The molecule has 10 heteroatoms. The topological polar surface area (TPSA) is 111 Å². The Morgan fingerprint density at radius 3 is 2.36 bits per heavy atom. The van der Waals surface area contributed by atoms with E-state index in [1.807, 2.05) is 36.4 Å². The maximum atomic E-state index is 10.4. The van der Waals surface area contributed by atoms with Gasteiger partial charge in [-0.15, -0.1) is 11.6 Å². The first-order valence-electron chi connectivity index (χ1n) is 11.6. The van der Waals surface area contributed by atoms with E-state index in [1.165, 1.54) is 0 Å². The second-order valence-corrected chi connectivity index (χ2v) is 9.74. The molecule has 0 unspecified atom stereocenters. The molecule has 1 aliphatic heterocycles. The number of nitrogens with two attached hydrogens (primary N) is 1. The Hall–Kier alpha value is -2.30. The monoisotopic (exact) mass is 538 g/mol. The summed E-state index contributed by atoms with van der Waals surface area (Å²) in [6, 6.07) is 13.3. The molecule has 0 radical (unpaired) electrons. The van der Waals surface area contributed by atoms with Crippen molar-refractivity contribution in [3.05, 3.63) is 82.7 Å². The van der Waals surface area contributed by atoms with Crippen LogP contribution in [0.1, 0.15) is 25.0 Å². The number of aliphatic hydroxyl groups is 3. The number of hydrogen-bond donors (Lipinski definition) is 5. The van der Waals surface area contributed by atoms with Crippen molar-refractivity contribution >= 4 is 23.2 Å². The molecule has 1 aliphatic rings. The molecule has 0 saturated heterocycles. The van der Waals surface area contributed by atoms with Crippen LogP contribution >= 0.6 is 23.2 Å². The lowest BCUT2D eigenvalue weighted by molar-refractivity contribution is -0.672. The second kappa shape index (κ2) is 12.8. The number of hydrazine groups is 1. The van der Waals surface area contributed by atoms with Crippen molar-refractivity contribution < 1.29 is 30.2 Å². The van der Waals surface area contributed by atoms with Crippen LogP contribution in [0.25, 0.3) is 0 Å². The lowest BCUT2D eigenvalue weighted by Crippen LogP contribution is -2.90. The zero-order valence-corrected chi connectivity index (χ0v) is 22.0. The Morgan fingerprint density at radius 2 is 1.75 bits per heavy atom. The Balaban J connectivity index is 1.59. The van der Waals surface area contributed by atoms with Gasteiger partial charge < -0.3 is 24.8 Å². The normalized spacial score (nSPS) is 15.7. The van der Waals surface area contributed by atoms with E-state index in [-0.39, 0.29) is 37.7 Å². The highest BCUT2D eigenvalue weighted by Gasteiger charge is 2.27. The van der Waals surface area contributed by atoms with Crippen LogP contribution in [0.5, 0.6) is 11.5 Å². The van der Waals surface area contributed by atoms with Crippen molar-refractivity contribution in [2.24, 2.45) is 0 Å². The molecular formula is C26H34Cl2N3O5+. The van der Waals surface area contributed by atoms with Crippen LogP contribution in [-0.4, -0.2) is 64.8 Å². The van der Waals surface area contributed by atoms with Gasteiger partial charge in [-0.05, 0) is 41.5 Å². The Morgan fingerprint density at radius 1 is 1.08 bits per heavy atom. The van der Waals surface area contributed by atoms with Crippen LogP contribution in [0.4, 0.5) is 0 Å². The van der Waals surface area contributed by atoms with Gasteiger partial charge in [-0.25, -0.2) is 5.43 Å². The van der Waals surface area contributed by atoms with E-state index in [0.29, 0.717) is 22.2 Å². The number of halogens is 2. The molecule has 8 nitrogen and oxygen atoms in total. The van der Waals surface area contributed by atoms with Gasteiger partial charge >= 0.3 is 0 Å². The Kier molecular flexibility index (Phi) is 10.0. The maximum absolute atomic E-state index is 10.4. The van der Waals surface area contributed by atoms with Crippen LogP contribution in [0.3, 0.4) is 0 Å². The molecule has 0 aliphatic carbocycles. The maximum Gasteiger partial charge on any atom is 0.173 e. The van der Waals surface area contributed by atoms with Gasteiger partial charge in [0.1, 0.15) is 42.6 Å². The fourth-order valence-corrected chi connectivity index (χ4v) is 4.13. The summed E-state index contributed by atoms with van der Waals surface area (Å²) in [6.07, 6.45) is 0.118. The van der Waals surface area contributed by atoms with Crippen LogP contribution in [-0.2, 0) is 5.41 Å². The summed E-state index contributed by atoms with van der Waals surface area (Å²) >= 11 is 12.0. The highest BCUT2D eigenvalue weighted by Crippen LogP contribution is 2.36. The minimum atomic E-state index is -0.777. The molecule has 0 aromatic heterocycles. The average Bonchev–Trinajstić information content (AvgIpc) is 3.27. The summed E-state index contributed by atoms with van der Waals surface area (Å²) in [5.41, 5.74) is 7.90. The number of nitrogens with one attached hydrogen (secondary N) is 1. The molecule has 0 saturated carbocycles. The SMILES string of the molecule is C=CC1=C(CO)N(C[C@H](O)COc2ccc(C(C)(C)c3ccc(OC[C@@H](O)CCl)c(Cl)c3)cc2)N[NH2+]1. The molecule has 196 valence electrons. The third-order valence-electron chi connectivity index (χ3n) is 6.08. The van der Waals surface area contributed by atoms with E-state index < -0.39 is 12.2 Å². The smallest absolute Gasteiger partial charge is 0.173 e. The summed E-state index contributed by atoms with van der Waals surface area (Å²) in [5, 5.41) is 31.7. The van der Waals surface area contributed by atoms with E-state index in [2.05, 4.69) is 26.0 Å². The quantitative estimate of drug-likeness (QED) is 0.196. The first-order valence-corrected chi connectivity index (χ1v) is 12.5. The number of hydrogen-bond acceptors (Lipinski definition) is 7. The molecular weight excluding hydrogens is 505 g/mol. The number of ether oxygens (including phenoxy) is 2. The minimum Gasteiger partial charge on any atom is -0.491 e. The number of alkyl halides is 1. The molecule has 2 aromatic carbocycles. The predicted molar refractivity (Wildman–Crippen MR) is 140 cm³/mol. The molecule has 0 amide bonds. The number of aliphatic hydroxyl groups excluding tert-OH is 3. The first-order chi connectivity index (χ1) is 17.2. The van der Waals surface area contributed by atoms with Gasteiger partial charge in [-0.1, -0.05) is 55.8 Å². The molecule has 1 heterocycles. The molecule has 0 fully saturated rings. The molecule has 36 heavy (non-hydrogen) atoms. The van der Waals surface area contributed by atoms with Crippen molar-refractivity contribution in [2.45, 2.75) is 31.5 Å². The fraction of sp³-hybridized carbons (Fsp3) is 0.385. The van der Waals surface area contributed by atoms with Crippen molar-refractivity contribution in [3.8, 4) is 11.5 Å². The molecule has 2 aromatic rings. The van der Waals surface area contributed by atoms with Gasteiger partial charge in [0.05, 0.1) is 24.1 Å². The fourth-order valence-electron chi connectivity index (χ4n) is 3.81. The summed E-state index contributed by atoms with van der Waals surface area (Å²) < 4.78 is 11.3.